The van der Waals surface area contributed by atoms with Crippen molar-refractivity contribution in [3.63, 3.8) is 0 Å². The van der Waals surface area contributed by atoms with Gasteiger partial charge in [-0.25, -0.2) is 0 Å². The smallest absolute Gasteiger partial charge is 0.168 e. The van der Waals surface area contributed by atoms with Crippen LogP contribution in [0.2, 0.25) is 0 Å². The topological polar surface area (TPSA) is 49.9 Å². The summed E-state index contributed by atoms with van der Waals surface area (Å²) in [5.41, 5.74) is 4.15. The number of Topliss-reactive ketones (excluding diaryl/α,β-unsaturated/α-hetero) is 2. The lowest BCUT2D eigenvalue weighted by molar-refractivity contribution is 0.0984. The summed E-state index contributed by atoms with van der Waals surface area (Å²) >= 11 is 0. The first-order valence-electron chi connectivity index (χ1n) is 8.97. The van der Waals surface area contributed by atoms with Crippen LogP contribution >= 0.6 is 0 Å². The third-order valence-corrected chi connectivity index (χ3v) is 4.69. The minimum Gasteiger partial charge on any atom is -0.358 e. The molecular formula is C24H19NO2. The molecule has 3 aromatic carbocycles. The average Bonchev–Trinajstić information content (AvgIpc) is 3.13. The van der Waals surface area contributed by atoms with Crippen molar-refractivity contribution in [3.05, 3.63) is 107 Å². The standard InChI is InChI=1S/C24H19NO2/c26-22(17-8-3-1-4-9-17)15-20-13-7-12-19-14-21(25-24(19)20)16-23(27)18-10-5-2-6-11-18/h1-14,25H,15-16H2. The highest BCUT2D eigenvalue weighted by molar-refractivity contribution is 6.00. The Kier molecular flexibility index (Phi) is 4.67. The quantitative estimate of drug-likeness (QED) is 0.495. The zero-order valence-corrected chi connectivity index (χ0v) is 14.8. The monoisotopic (exact) mass is 353 g/mol. The Morgan fingerprint density at radius 3 is 1.89 bits per heavy atom. The molecule has 0 aliphatic rings. The van der Waals surface area contributed by atoms with Gasteiger partial charge in [0.25, 0.3) is 0 Å². The Bertz CT molecular complexity index is 1100. The average molecular weight is 353 g/mol. The molecule has 4 aromatic rings. The number of carbonyl (C=O) groups is 2. The molecule has 3 nitrogen and oxygen atoms in total. The van der Waals surface area contributed by atoms with Crippen molar-refractivity contribution < 1.29 is 9.59 Å². The number of hydrogen-bond donors (Lipinski definition) is 1. The highest BCUT2D eigenvalue weighted by Gasteiger charge is 2.13. The van der Waals surface area contributed by atoms with Gasteiger partial charge >= 0.3 is 0 Å². The molecule has 27 heavy (non-hydrogen) atoms. The summed E-state index contributed by atoms with van der Waals surface area (Å²) in [6.07, 6.45) is 0.638. The number of aromatic nitrogens is 1. The Morgan fingerprint density at radius 1 is 0.667 bits per heavy atom. The van der Waals surface area contributed by atoms with Gasteiger partial charge in [-0.15, -0.1) is 0 Å². The van der Waals surface area contributed by atoms with Crippen LogP contribution in [0.5, 0.6) is 0 Å². The second-order valence-corrected chi connectivity index (χ2v) is 6.61. The van der Waals surface area contributed by atoms with Gasteiger partial charge in [-0.05, 0) is 17.0 Å². The van der Waals surface area contributed by atoms with E-state index in [0.717, 1.165) is 22.2 Å². The van der Waals surface area contributed by atoms with Crippen LogP contribution < -0.4 is 0 Å². The van der Waals surface area contributed by atoms with Gasteiger partial charge in [0.05, 0.1) is 6.42 Å². The van der Waals surface area contributed by atoms with Gasteiger partial charge < -0.3 is 4.98 Å². The minimum absolute atomic E-state index is 0.0732. The number of carbonyl (C=O) groups excluding carboxylic acids is 2. The molecule has 0 aliphatic heterocycles. The van der Waals surface area contributed by atoms with Crippen molar-refractivity contribution in [1.82, 2.24) is 4.98 Å². The highest BCUT2D eigenvalue weighted by Crippen LogP contribution is 2.22. The fourth-order valence-electron chi connectivity index (χ4n) is 3.32. The molecule has 0 saturated carbocycles. The molecule has 0 spiro atoms. The number of benzene rings is 3. The third kappa shape index (κ3) is 3.72. The van der Waals surface area contributed by atoms with Crippen molar-refractivity contribution in [2.45, 2.75) is 12.8 Å². The van der Waals surface area contributed by atoms with E-state index >= 15 is 0 Å². The van der Waals surface area contributed by atoms with Gasteiger partial charge in [0.2, 0.25) is 0 Å². The number of hydrogen-bond acceptors (Lipinski definition) is 2. The molecule has 3 heteroatoms. The summed E-state index contributed by atoms with van der Waals surface area (Å²) in [5, 5.41) is 1.02. The predicted octanol–water partition coefficient (Wildman–Crippen LogP) is 5.02. The van der Waals surface area contributed by atoms with E-state index in [2.05, 4.69) is 4.98 Å². The molecule has 4 rings (SSSR count). The van der Waals surface area contributed by atoms with Gasteiger partial charge in [0.1, 0.15) is 0 Å². The second kappa shape index (κ2) is 7.42. The predicted molar refractivity (Wildman–Crippen MR) is 107 cm³/mol. The molecule has 0 saturated heterocycles. The van der Waals surface area contributed by atoms with Gasteiger partial charge in [-0.1, -0.05) is 78.9 Å². The van der Waals surface area contributed by atoms with E-state index in [1.807, 2.05) is 84.9 Å². The molecule has 0 fully saturated rings. The summed E-state index contributed by atoms with van der Waals surface area (Å²) in [5.74, 6) is 0.156. The molecule has 0 aliphatic carbocycles. The van der Waals surface area contributed by atoms with Crippen molar-refractivity contribution in [1.29, 1.82) is 0 Å². The number of nitrogens with one attached hydrogen (secondary N) is 1. The SMILES string of the molecule is O=C(Cc1cc2cccc(CC(=O)c3ccccc3)c2[nH]1)c1ccccc1. The number of aromatic amines is 1. The molecule has 1 N–H and O–H groups in total. The maximum Gasteiger partial charge on any atom is 0.168 e. The van der Waals surface area contributed by atoms with E-state index < -0.39 is 0 Å². The van der Waals surface area contributed by atoms with Gasteiger partial charge in [-0.2, -0.15) is 0 Å². The summed E-state index contributed by atoms with van der Waals surface area (Å²) < 4.78 is 0. The number of ketones is 2. The summed E-state index contributed by atoms with van der Waals surface area (Å²) in [6.45, 7) is 0. The van der Waals surface area contributed by atoms with Gasteiger partial charge in [0, 0.05) is 28.8 Å². The van der Waals surface area contributed by atoms with Crippen LogP contribution in [0.1, 0.15) is 32.0 Å². The lowest BCUT2D eigenvalue weighted by Gasteiger charge is -2.03. The first-order chi connectivity index (χ1) is 13.2. The van der Waals surface area contributed by atoms with E-state index in [4.69, 9.17) is 0 Å². The minimum atomic E-state index is 0.0732. The van der Waals surface area contributed by atoms with Crippen LogP contribution in [0.25, 0.3) is 10.9 Å². The van der Waals surface area contributed by atoms with Gasteiger partial charge in [-0.3, -0.25) is 9.59 Å². The number of fused-ring (bicyclic) bond motifs is 1. The molecule has 0 amide bonds. The second-order valence-electron chi connectivity index (χ2n) is 6.61. The van der Waals surface area contributed by atoms with Crippen molar-refractivity contribution in [3.8, 4) is 0 Å². The maximum atomic E-state index is 12.6. The first-order valence-corrected chi connectivity index (χ1v) is 8.97. The van der Waals surface area contributed by atoms with Crippen LogP contribution in [0, 0.1) is 0 Å². The number of para-hydroxylation sites is 1. The van der Waals surface area contributed by atoms with Crippen molar-refractivity contribution in [2.24, 2.45) is 0 Å². The fourth-order valence-corrected chi connectivity index (χ4v) is 3.32. The third-order valence-electron chi connectivity index (χ3n) is 4.69. The normalized spacial score (nSPS) is 10.8. The van der Waals surface area contributed by atoms with Crippen LogP contribution in [0.15, 0.2) is 84.9 Å². The zero-order valence-electron chi connectivity index (χ0n) is 14.8. The van der Waals surface area contributed by atoms with Crippen LogP contribution in [-0.4, -0.2) is 16.6 Å². The first kappa shape index (κ1) is 17.0. The fraction of sp³-hybridized carbons (Fsp3) is 0.0833. The van der Waals surface area contributed by atoms with Crippen LogP contribution in [0.4, 0.5) is 0 Å². The Balaban J connectivity index is 1.59. The summed E-state index contributed by atoms with van der Waals surface area (Å²) in [4.78, 5) is 28.4. The molecule has 1 aromatic heterocycles. The molecule has 0 unspecified atom stereocenters. The van der Waals surface area contributed by atoms with Crippen LogP contribution in [-0.2, 0) is 12.8 Å². The lowest BCUT2D eigenvalue weighted by Crippen LogP contribution is -2.04. The molecule has 0 radical (unpaired) electrons. The van der Waals surface area contributed by atoms with E-state index in [1.54, 1.807) is 0 Å². The van der Waals surface area contributed by atoms with Crippen molar-refractivity contribution in [2.75, 3.05) is 0 Å². The zero-order chi connectivity index (χ0) is 18.6. The van der Waals surface area contributed by atoms with Crippen molar-refractivity contribution >= 4 is 22.5 Å². The molecule has 132 valence electrons. The number of rotatable bonds is 6. The highest BCUT2D eigenvalue weighted by atomic mass is 16.1. The van der Waals surface area contributed by atoms with Gasteiger partial charge in [0.15, 0.2) is 11.6 Å². The summed E-state index contributed by atoms with van der Waals surface area (Å²) in [7, 11) is 0. The van der Waals surface area contributed by atoms with E-state index in [9.17, 15) is 9.59 Å². The molecular weight excluding hydrogens is 334 g/mol. The van der Waals surface area contributed by atoms with E-state index in [0.29, 0.717) is 24.0 Å². The Morgan fingerprint density at radius 2 is 1.26 bits per heavy atom. The van der Waals surface area contributed by atoms with E-state index in [1.165, 1.54) is 0 Å². The Labute approximate surface area is 157 Å². The van der Waals surface area contributed by atoms with Crippen LogP contribution in [0.3, 0.4) is 0 Å². The Hall–Kier alpha value is -3.46. The number of H-pyrrole nitrogens is 1. The maximum absolute atomic E-state index is 12.6. The molecule has 0 bridgehead atoms. The lowest BCUT2D eigenvalue weighted by atomic mass is 10.0. The largest absolute Gasteiger partial charge is 0.358 e. The molecule has 1 heterocycles. The van der Waals surface area contributed by atoms with E-state index in [-0.39, 0.29) is 11.6 Å². The summed E-state index contributed by atoms with van der Waals surface area (Å²) in [6, 6.07) is 26.5. The molecule has 0 atom stereocenters.